The Labute approximate surface area is 144 Å². The number of benzene rings is 1. The third-order valence-corrected chi connectivity index (χ3v) is 6.31. The fourth-order valence-corrected chi connectivity index (χ4v) is 4.42. The zero-order chi connectivity index (χ0) is 17.2. The summed E-state index contributed by atoms with van der Waals surface area (Å²) in [7, 11) is -0.272. The van der Waals surface area contributed by atoms with E-state index in [1.165, 1.54) is 9.87 Å². The average molecular weight is 345 g/mol. The van der Waals surface area contributed by atoms with Crippen molar-refractivity contribution < 1.29 is 8.42 Å². The van der Waals surface area contributed by atoms with Gasteiger partial charge in [-0.05, 0) is 30.5 Å². The second-order valence-corrected chi connectivity index (χ2v) is 8.37. The maximum Gasteiger partial charge on any atom is 0.282 e. The Morgan fingerprint density at radius 3 is 2.58 bits per heavy atom. The molecule has 0 saturated carbocycles. The molecule has 2 heterocycles. The van der Waals surface area contributed by atoms with Gasteiger partial charge in [0.05, 0.1) is 11.7 Å². The molecule has 3 rings (SSSR count). The minimum atomic E-state index is -3.42. The molecule has 6 heteroatoms. The van der Waals surface area contributed by atoms with Crippen LogP contribution in [0, 0.1) is 0 Å². The lowest BCUT2D eigenvalue weighted by atomic mass is 10.1. The number of hydrogen-bond acceptors (Lipinski definition) is 3. The van der Waals surface area contributed by atoms with Gasteiger partial charge in [-0.3, -0.25) is 4.98 Å². The summed E-state index contributed by atoms with van der Waals surface area (Å²) >= 11 is 0. The standard InChI is InChI=1S/C18H23N3O2S/c1-20(2)24(22,23)21-13-7-12-18(21)17-11-6-10-16(19-17)14-15-8-4-3-5-9-15/h3-6,8-11,18H,7,12-14H2,1-2H3. The van der Waals surface area contributed by atoms with E-state index in [2.05, 4.69) is 12.1 Å². The molecule has 0 aliphatic carbocycles. The van der Waals surface area contributed by atoms with Crippen LogP contribution in [0.15, 0.2) is 48.5 Å². The fourth-order valence-electron chi connectivity index (χ4n) is 3.11. The van der Waals surface area contributed by atoms with Crippen molar-refractivity contribution >= 4 is 10.2 Å². The molecule has 128 valence electrons. The molecule has 0 N–H and O–H groups in total. The van der Waals surface area contributed by atoms with Crippen molar-refractivity contribution in [1.29, 1.82) is 0 Å². The maximum absolute atomic E-state index is 12.5. The SMILES string of the molecule is CN(C)S(=O)(=O)N1CCCC1c1cccc(Cc2ccccc2)n1. The van der Waals surface area contributed by atoms with Crippen molar-refractivity contribution in [3.8, 4) is 0 Å². The topological polar surface area (TPSA) is 53.5 Å². The zero-order valence-corrected chi connectivity index (χ0v) is 14.9. The first-order chi connectivity index (χ1) is 11.5. The lowest BCUT2D eigenvalue weighted by Gasteiger charge is -2.26. The van der Waals surface area contributed by atoms with Gasteiger partial charge in [0.25, 0.3) is 10.2 Å². The third-order valence-electron chi connectivity index (χ3n) is 4.36. The monoisotopic (exact) mass is 345 g/mol. The van der Waals surface area contributed by atoms with E-state index in [1.54, 1.807) is 18.4 Å². The van der Waals surface area contributed by atoms with Crippen molar-refractivity contribution in [3.05, 3.63) is 65.5 Å². The van der Waals surface area contributed by atoms with Crippen LogP contribution in [0.3, 0.4) is 0 Å². The second-order valence-electron chi connectivity index (χ2n) is 6.28. The summed E-state index contributed by atoms with van der Waals surface area (Å²) in [4.78, 5) is 4.75. The molecule has 1 aromatic carbocycles. The van der Waals surface area contributed by atoms with E-state index in [9.17, 15) is 8.42 Å². The molecule has 0 radical (unpaired) electrons. The summed E-state index contributed by atoms with van der Waals surface area (Å²) in [5.74, 6) is 0. The lowest BCUT2D eigenvalue weighted by molar-refractivity contribution is 0.357. The van der Waals surface area contributed by atoms with Gasteiger partial charge in [0.1, 0.15) is 0 Å². The lowest BCUT2D eigenvalue weighted by Crippen LogP contribution is -2.39. The van der Waals surface area contributed by atoms with Crippen LogP contribution in [0.1, 0.15) is 35.8 Å². The minimum Gasteiger partial charge on any atom is -0.256 e. The molecular formula is C18H23N3O2S. The number of hydrogen-bond donors (Lipinski definition) is 0. The number of nitrogens with zero attached hydrogens (tertiary/aromatic N) is 3. The van der Waals surface area contributed by atoms with Gasteiger partial charge in [0.2, 0.25) is 0 Å². The molecule has 1 aliphatic rings. The Morgan fingerprint density at radius 2 is 1.88 bits per heavy atom. The molecule has 1 fully saturated rings. The van der Waals surface area contributed by atoms with Gasteiger partial charge >= 0.3 is 0 Å². The first kappa shape index (κ1) is 17.1. The molecule has 1 atom stereocenters. The highest BCUT2D eigenvalue weighted by atomic mass is 32.2. The molecule has 0 amide bonds. The zero-order valence-electron chi connectivity index (χ0n) is 14.1. The van der Waals surface area contributed by atoms with Crippen molar-refractivity contribution in [1.82, 2.24) is 13.6 Å². The van der Waals surface area contributed by atoms with Crippen LogP contribution in [0.4, 0.5) is 0 Å². The molecule has 1 saturated heterocycles. The summed E-state index contributed by atoms with van der Waals surface area (Å²) in [6.07, 6.45) is 2.43. The minimum absolute atomic E-state index is 0.173. The Morgan fingerprint density at radius 1 is 1.12 bits per heavy atom. The molecular weight excluding hydrogens is 322 g/mol. The van der Waals surface area contributed by atoms with E-state index in [0.717, 1.165) is 30.7 Å². The molecule has 0 spiro atoms. The smallest absolute Gasteiger partial charge is 0.256 e. The van der Waals surface area contributed by atoms with Crippen LogP contribution in [-0.2, 0) is 16.6 Å². The highest BCUT2D eigenvalue weighted by Gasteiger charge is 2.37. The van der Waals surface area contributed by atoms with E-state index in [1.807, 2.05) is 36.4 Å². The van der Waals surface area contributed by atoms with Gasteiger partial charge in [0.15, 0.2) is 0 Å². The number of aromatic nitrogens is 1. The van der Waals surface area contributed by atoms with E-state index >= 15 is 0 Å². The van der Waals surface area contributed by atoms with Crippen molar-refractivity contribution in [2.75, 3.05) is 20.6 Å². The Balaban J connectivity index is 1.85. The van der Waals surface area contributed by atoms with E-state index < -0.39 is 10.2 Å². The molecule has 24 heavy (non-hydrogen) atoms. The average Bonchev–Trinajstić information content (AvgIpc) is 3.06. The molecule has 0 bridgehead atoms. The molecule has 2 aromatic rings. The third kappa shape index (κ3) is 3.50. The highest BCUT2D eigenvalue weighted by molar-refractivity contribution is 7.86. The van der Waals surface area contributed by atoms with Crippen LogP contribution in [0.2, 0.25) is 0 Å². The Hall–Kier alpha value is -1.76. The van der Waals surface area contributed by atoms with Crippen LogP contribution < -0.4 is 0 Å². The van der Waals surface area contributed by atoms with Gasteiger partial charge in [-0.15, -0.1) is 0 Å². The summed E-state index contributed by atoms with van der Waals surface area (Å²) < 4.78 is 27.9. The second kappa shape index (κ2) is 7.01. The number of rotatable bonds is 5. The van der Waals surface area contributed by atoms with Crippen LogP contribution in [0.5, 0.6) is 0 Å². The van der Waals surface area contributed by atoms with Gasteiger partial charge in [-0.2, -0.15) is 17.0 Å². The van der Waals surface area contributed by atoms with E-state index in [0.29, 0.717) is 6.54 Å². The van der Waals surface area contributed by atoms with Crippen LogP contribution >= 0.6 is 0 Å². The van der Waals surface area contributed by atoms with Gasteiger partial charge in [-0.25, -0.2) is 0 Å². The first-order valence-corrected chi connectivity index (χ1v) is 9.57. The quantitative estimate of drug-likeness (QED) is 0.837. The highest BCUT2D eigenvalue weighted by Crippen LogP contribution is 2.34. The van der Waals surface area contributed by atoms with E-state index in [4.69, 9.17) is 4.98 Å². The van der Waals surface area contributed by atoms with Gasteiger partial charge in [0, 0.05) is 32.8 Å². The summed E-state index contributed by atoms with van der Waals surface area (Å²) in [5.41, 5.74) is 3.01. The van der Waals surface area contributed by atoms with Crippen molar-refractivity contribution in [3.63, 3.8) is 0 Å². The van der Waals surface area contributed by atoms with E-state index in [-0.39, 0.29) is 6.04 Å². The first-order valence-electron chi connectivity index (χ1n) is 8.17. The summed E-state index contributed by atoms with van der Waals surface area (Å²) in [5, 5.41) is 0. The number of pyridine rings is 1. The molecule has 1 aromatic heterocycles. The molecule has 1 aliphatic heterocycles. The summed E-state index contributed by atoms with van der Waals surface area (Å²) in [6, 6.07) is 15.9. The van der Waals surface area contributed by atoms with Crippen molar-refractivity contribution in [2.45, 2.75) is 25.3 Å². The normalized spacial score (nSPS) is 19.0. The van der Waals surface area contributed by atoms with Gasteiger partial charge < -0.3 is 0 Å². The maximum atomic E-state index is 12.5. The van der Waals surface area contributed by atoms with Crippen LogP contribution in [0.25, 0.3) is 0 Å². The largest absolute Gasteiger partial charge is 0.282 e. The predicted octanol–water partition coefficient (Wildman–Crippen LogP) is 2.62. The Bertz CT molecular complexity index is 791. The molecule has 5 nitrogen and oxygen atoms in total. The van der Waals surface area contributed by atoms with Gasteiger partial charge in [-0.1, -0.05) is 36.4 Å². The molecule has 1 unspecified atom stereocenters. The fraction of sp³-hybridized carbons (Fsp3) is 0.389. The van der Waals surface area contributed by atoms with Crippen LogP contribution in [-0.4, -0.2) is 42.7 Å². The summed E-state index contributed by atoms with van der Waals surface area (Å²) in [6.45, 7) is 0.551. The predicted molar refractivity (Wildman–Crippen MR) is 94.8 cm³/mol. The van der Waals surface area contributed by atoms with Crippen molar-refractivity contribution in [2.24, 2.45) is 0 Å². The Kier molecular flexibility index (Phi) is 4.99.